The normalized spacial score (nSPS) is 43.5. The number of rotatable bonds is 2. The molecule has 0 saturated heterocycles. The molecule has 0 amide bonds. The summed E-state index contributed by atoms with van der Waals surface area (Å²) < 4.78 is 10.9. The summed E-state index contributed by atoms with van der Waals surface area (Å²) in [6.07, 6.45) is 5.58. The Bertz CT molecular complexity index is 595. The van der Waals surface area contributed by atoms with Crippen LogP contribution in [0, 0.1) is 45.3 Å². The fourth-order valence-electron chi connectivity index (χ4n) is 4.30. The summed E-state index contributed by atoms with van der Waals surface area (Å²) in [4.78, 5) is 4.29. The lowest BCUT2D eigenvalue weighted by Crippen LogP contribution is -2.65. The first-order chi connectivity index (χ1) is 9.58. The lowest BCUT2D eigenvalue weighted by atomic mass is 9.45. The van der Waals surface area contributed by atoms with Crippen molar-refractivity contribution in [3.63, 3.8) is 0 Å². The van der Waals surface area contributed by atoms with E-state index >= 15 is 0 Å². The summed E-state index contributed by atoms with van der Waals surface area (Å²) in [7, 11) is 2.86. The number of amidine groups is 1. The lowest BCUT2D eigenvalue weighted by Gasteiger charge is -2.55. The second-order valence-electron chi connectivity index (χ2n) is 5.50. The molecule has 4 rings (SSSR count). The molecular weight excluding hydrogens is 256 g/mol. The third-order valence-electron chi connectivity index (χ3n) is 5.17. The van der Waals surface area contributed by atoms with Crippen LogP contribution < -0.4 is 5.73 Å². The van der Waals surface area contributed by atoms with Crippen LogP contribution in [0.1, 0.15) is 12.8 Å². The molecule has 1 fully saturated rings. The number of nitrogens with zero attached hydrogens (tertiary/aromatic N) is 3. The lowest BCUT2D eigenvalue weighted by molar-refractivity contribution is -0.280. The Morgan fingerprint density at radius 1 is 1.20 bits per heavy atom. The molecule has 6 heteroatoms. The van der Waals surface area contributed by atoms with Crippen molar-refractivity contribution in [2.45, 2.75) is 18.8 Å². The maximum atomic E-state index is 9.96. The van der Waals surface area contributed by atoms with Crippen LogP contribution in [-0.4, -0.2) is 26.0 Å². The van der Waals surface area contributed by atoms with E-state index in [1.54, 1.807) is 0 Å². The van der Waals surface area contributed by atoms with E-state index in [0.717, 1.165) is 12.8 Å². The Morgan fingerprint density at radius 2 is 1.80 bits per heavy atom. The Balaban J connectivity index is 2.37. The van der Waals surface area contributed by atoms with E-state index < -0.39 is 16.7 Å². The zero-order valence-corrected chi connectivity index (χ0v) is 11.5. The van der Waals surface area contributed by atoms with Gasteiger partial charge < -0.3 is 15.2 Å². The highest BCUT2D eigenvalue weighted by Crippen LogP contribution is 2.68. The van der Waals surface area contributed by atoms with Crippen LogP contribution in [-0.2, 0) is 9.47 Å². The third-order valence-corrected chi connectivity index (χ3v) is 5.17. The van der Waals surface area contributed by atoms with Crippen molar-refractivity contribution in [1.82, 2.24) is 0 Å². The molecule has 0 radical (unpaired) electrons. The van der Waals surface area contributed by atoms with Crippen molar-refractivity contribution in [2.75, 3.05) is 14.2 Å². The number of hydrogen-bond acceptors (Lipinski definition) is 6. The van der Waals surface area contributed by atoms with Gasteiger partial charge in [0.05, 0.1) is 12.1 Å². The molecule has 1 aliphatic heterocycles. The molecule has 1 heterocycles. The van der Waals surface area contributed by atoms with Gasteiger partial charge in [-0.15, -0.1) is 0 Å². The van der Waals surface area contributed by atoms with E-state index in [-0.39, 0.29) is 17.7 Å². The molecule has 0 spiro atoms. The predicted octanol–water partition coefficient (Wildman–Crippen LogP) is 0.920. The highest BCUT2D eigenvalue weighted by atomic mass is 16.7. The van der Waals surface area contributed by atoms with Gasteiger partial charge in [-0.3, -0.25) is 0 Å². The SMILES string of the molecule is COC1(OC)N=C(N)[C@@]2(C#N)[C@H]3C=C[C@@H](CC3)[C@@]12C#N. The molecule has 0 aromatic rings. The summed E-state index contributed by atoms with van der Waals surface area (Å²) >= 11 is 0. The van der Waals surface area contributed by atoms with Crippen molar-refractivity contribution < 1.29 is 9.47 Å². The van der Waals surface area contributed by atoms with Gasteiger partial charge in [-0.1, -0.05) is 12.2 Å². The van der Waals surface area contributed by atoms with Crippen molar-refractivity contribution in [2.24, 2.45) is 33.4 Å². The minimum absolute atomic E-state index is 0.131. The third kappa shape index (κ3) is 0.985. The first kappa shape index (κ1) is 13.1. The summed E-state index contributed by atoms with van der Waals surface area (Å²) in [5, 5.41) is 19.8. The maximum Gasteiger partial charge on any atom is 0.292 e. The Labute approximate surface area is 117 Å². The first-order valence-corrected chi connectivity index (χ1v) is 6.55. The number of nitriles is 2. The van der Waals surface area contributed by atoms with Crippen molar-refractivity contribution in [3.8, 4) is 12.1 Å². The molecule has 0 unspecified atom stereocenters. The summed E-state index contributed by atoms with van der Waals surface area (Å²) in [5.74, 6) is -1.67. The second kappa shape index (κ2) is 3.82. The largest absolute Gasteiger partial charge is 0.386 e. The molecule has 0 aromatic carbocycles. The molecular formula is C14H16N4O2. The Hall–Kier alpha value is -1.89. The summed E-state index contributed by atoms with van der Waals surface area (Å²) in [6, 6.07) is 4.59. The topological polar surface area (TPSA) is 104 Å². The van der Waals surface area contributed by atoms with E-state index in [1.807, 2.05) is 12.2 Å². The van der Waals surface area contributed by atoms with Crippen LogP contribution in [0.15, 0.2) is 17.1 Å². The van der Waals surface area contributed by atoms with Gasteiger partial charge in [0.1, 0.15) is 11.3 Å². The van der Waals surface area contributed by atoms with Crippen LogP contribution in [0.3, 0.4) is 0 Å². The van der Waals surface area contributed by atoms with E-state index in [4.69, 9.17) is 15.2 Å². The number of aliphatic imine (C=N–C) groups is 1. The second-order valence-corrected chi connectivity index (χ2v) is 5.50. The molecule has 0 aromatic heterocycles. The number of fused-ring (bicyclic) bond motifs is 1. The minimum Gasteiger partial charge on any atom is -0.386 e. The van der Waals surface area contributed by atoms with Crippen LogP contribution in [0.5, 0.6) is 0 Å². The van der Waals surface area contributed by atoms with E-state index in [9.17, 15) is 10.5 Å². The molecule has 6 nitrogen and oxygen atoms in total. The minimum atomic E-state index is -1.52. The molecule has 20 heavy (non-hydrogen) atoms. The van der Waals surface area contributed by atoms with Gasteiger partial charge in [0.15, 0.2) is 5.41 Å². The molecule has 104 valence electrons. The van der Waals surface area contributed by atoms with E-state index in [0.29, 0.717) is 0 Å². The number of nitrogens with two attached hydrogens (primary N) is 1. The Morgan fingerprint density at radius 3 is 2.25 bits per heavy atom. The van der Waals surface area contributed by atoms with E-state index in [1.165, 1.54) is 14.2 Å². The molecule has 1 saturated carbocycles. The summed E-state index contributed by atoms with van der Waals surface area (Å²) in [6.45, 7) is 0. The number of allylic oxidation sites excluding steroid dienone is 2. The van der Waals surface area contributed by atoms with Gasteiger partial charge >= 0.3 is 0 Å². The van der Waals surface area contributed by atoms with Crippen molar-refractivity contribution in [1.29, 1.82) is 10.5 Å². The van der Waals surface area contributed by atoms with Gasteiger partial charge in [-0.2, -0.15) is 10.5 Å². The zero-order valence-electron chi connectivity index (χ0n) is 11.5. The van der Waals surface area contributed by atoms with Crippen LogP contribution in [0.2, 0.25) is 0 Å². The average molecular weight is 272 g/mol. The number of hydrogen-bond donors (Lipinski definition) is 1. The molecule has 2 bridgehead atoms. The average Bonchev–Trinajstić information content (AvgIpc) is 2.76. The van der Waals surface area contributed by atoms with Gasteiger partial charge in [0.25, 0.3) is 5.91 Å². The van der Waals surface area contributed by atoms with Crippen molar-refractivity contribution in [3.05, 3.63) is 12.2 Å². The summed E-state index contributed by atoms with van der Waals surface area (Å²) in [5.41, 5.74) is 3.68. The smallest absolute Gasteiger partial charge is 0.292 e. The standard InChI is InChI=1S/C14H16N4O2/c1-19-14(20-2)13(8-16)10-5-3-9(4-6-10)12(13,7-15)11(17)18-14/h3,5,9-10H,4,6H2,1-2H3,(H2,17,18)/t9-,10-,12+,13+/m0/s1. The van der Waals surface area contributed by atoms with Gasteiger partial charge in [-0.25, -0.2) is 4.99 Å². The van der Waals surface area contributed by atoms with Crippen LogP contribution in [0.4, 0.5) is 0 Å². The molecule has 2 N–H and O–H groups in total. The zero-order chi connectivity index (χ0) is 14.6. The fraction of sp³-hybridized carbons (Fsp3) is 0.643. The van der Waals surface area contributed by atoms with Crippen molar-refractivity contribution >= 4 is 5.84 Å². The van der Waals surface area contributed by atoms with Gasteiger partial charge in [0, 0.05) is 26.1 Å². The molecule has 4 aliphatic rings. The molecule has 3 aliphatic carbocycles. The highest BCUT2D eigenvalue weighted by Gasteiger charge is 2.79. The van der Waals surface area contributed by atoms with E-state index in [2.05, 4.69) is 17.1 Å². The van der Waals surface area contributed by atoms with Crippen LogP contribution in [0.25, 0.3) is 0 Å². The monoisotopic (exact) mass is 272 g/mol. The predicted molar refractivity (Wildman–Crippen MR) is 69.8 cm³/mol. The van der Waals surface area contributed by atoms with Crippen LogP contribution >= 0.6 is 0 Å². The Kier molecular flexibility index (Phi) is 2.50. The number of methoxy groups -OCH3 is 2. The quantitative estimate of drug-likeness (QED) is 0.594. The van der Waals surface area contributed by atoms with Gasteiger partial charge in [0.2, 0.25) is 0 Å². The maximum absolute atomic E-state index is 9.96. The fourth-order valence-corrected chi connectivity index (χ4v) is 4.30. The van der Waals surface area contributed by atoms with Gasteiger partial charge in [-0.05, 0) is 12.8 Å². The highest BCUT2D eigenvalue weighted by molar-refractivity contribution is 5.94. The molecule has 4 atom stereocenters. The first-order valence-electron chi connectivity index (χ1n) is 6.55. The number of ether oxygens (including phenoxy) is 2.